The van der Waals surface area contributed by atoms with Crippen LogP contribution in [0.25, 0.3) is 0 Å². The van der Waals surface area contributed by atoms with Crippen LogP contribution in [0.15, 0.2) is 24.3 Å². The van der Waals surface area contributed by atoms with Gasteiger partial charge >= 0.3 is 12.2 Å². The maximum absolute atomic E-state index is 12.8. The Morgan fingerprint density at radius 3 is 2.45 bits per heavy atom. The van der Waals surface area contributed by atoms with Crippen molar-refractivity contribution in [3.63, 3.8) is 0 Å². The van der Waals surface area contributed by atoms with Crippen LogP contribution in [-0.2, 0) is 11.0 Å². The third kappa shape index (κ3) is 5.27. The molecule has 22 heavy (non-hydrogen) atoms. The first-order valence-corrected chi connectivity index (χ1v) is 6.77. The zero-order chi connectivity index (χ0) is 16.8. The molecule has 5 nitrogen and oxygen atoms in total. The second-order valence-electron chi connectivity index (χ2n) is 4.65. The highest BCUT2D eigenvalue weighted by atomic mass is 19.4. The number of anilines is 1. The predicted molar refractivity (Wildman–Crippen MR) is 76.4 cm³/mol. The number of alkyl halides is 3. The maximum atomic E-state index is 12.8. The number of rotatable bonds is 5. The molecule has 0 fully saturated rings. The number of hydrogen-bond acceptors (Lipinski definition) is 2. The summed E-state index contributed by atoms with van der Waals surface area (Å²) >= 11 is 0. The molecule has 122 valence electrons. The fraction of sp³-hybridized carbons (Fsp3) is 0.429. The largest absolute Gasteiger partial charge is 0.418 e. The third-order valence-corrected chi connectivity index (χ3v) is 2.77. The Morgan fingerprint density at radius 1 is 1.23 bits per heavy atom. The molecule has 0 radical (unpaired) electrons. The summed E-state index contributed by atoms with van der Waals surface area (Å²) in [5.41, 5.74) is -1.32. The number of urea groups is 1. The zero-order valence-electron chi connectivity index (χ0n) is 12.3. The van der Waals surface area contributed by atoms with E-state index in [0.29, 0.717) is 6.54 Å². The number of para-hydroxylation sites is 1. The van der Waals surface area contributed by atoms with Crippen LogP contribution < -0.4 is 16.0 Å². The molecule has 1 rings (SSSR count). The lowest BCUT2D eigenvalue weighted by Gasteiger charge is -2.17. The number of halogens is 3. The highest BCUT2D eigenvalue weighted by molar-refractivity contribution is 5.94. The third-order valence-electron chi connectivity index (χ3n) is 2.77. The van der Waals surface area contributed by atoms with Gasteiger partial charge in [0.05, 0.1) is 11.3 Å². The minimum atomic E-state index is -4.58. The molecule has 0 saturated carbocycles. The van der Waals surface area contributed by atoms with Crippen molar-refractivity contribution in [1.82, 2.24) is 10.6 Å². The molecule has 0 saturated heterocycles. The van der Waals surface area contributed by atoms with Gasteiger partial charge in [-0.25, -0.2) is 4.79 Å². The molecule has 0 spiro atoms. The van der Waals surface area contributed by atoms with Crippen LogP contribution in [0.3, 0.4) is 0 Å². The molecule has 0 aliphatic heterocycles. The predicted octanol–water partition coefficient (Wildman–Crippen LogP) is 2.74. The first kappa shape index (κ1) is 17.8. The lowest BCUT2D eigenvalue weighted by Crippen LogP contribution is -2.46. The normalized spacial score (nSPS) is 12.4. The average molecular weight is 317 g/mol. The molecule has 1 aromatic rings. The summed E-state index contributed by atoms with van der Waals surface area (Å²) in [5, 5.41) is 6.97. The number of hydrogen-bond donors (Lipinski definition) is 3. The van der Waals surface area contributed by atoms with Gasteiger partial charge in [-0.2, -0.15) is 13.2 Å². The minimum Gasteiger partial charge on any atom is -0.354 e. The smallest absolute Gasteiger partial charge is 0.354 e. The van der Waals surface area contributed by atoms with E-state index >= 15 is 0 Å². The molecule has 0 unspecified atom stereocenters. The molecule has 8 heteroatoms. The Balaban J connectivity index is 2.68. The van der Waals surface area contributed by atoms with Gasteiger partial charge < -0.3 is 16.0 Å². The van der Waals surface area contributed by atoms with Crippen LogP contribution >= 0.6 is 0 Å². The fourth-order valence-electron chi connectivity index (χ4n) is 1.66. The van der Waals surface area contributed by atoms with Crippen LogP contribution in [0, 0.1) is 0 Å². The van der Waals surface area contributed by atoms with Crippen molar-refractivity contribution in [2.45, 2.75) is 32.5 Å². The minimum absolute atomic E-state index is 0.367. The Hall–Kier alpha value is -2.25. The van der Waals surface area contributed by atoms with E-state index in [1.807, 2.05) is 6.92 Å². The van der Waals surface area contributed by atoms with Gasteiger partial charge in [0, 0.05) is 6.54 Å². The van der Waals surface area contributed by atoms with E-state index in [4.69, 9.17) is 0 Å². The summed E-state index contributed by atoms with van der Waals surface area (Å²) in [6, 6.07) is 2.88. The molecule has 0 aliphatic carbocycles. The molecule has 0 aliphatic rings. The van der Waals surface area contributed by atoms with E-state index in [9.17, 15) is 22.8 Å². The van der Waals surface area contributed by atoms with Gasteiger partial charge in [-0.1, -0.05) is 19.1 Å². The second-order valence-corrected chi connectivity index (χ2v) is 4.65. The van der Waals surface area contributed by atoms with E-state index in [-0.39, 0.29) is 5.69 Å². The van der Waals surface area contributed by atoms with E-state index in [1.165, 1.54) is 19.1 Å². The van der Waals surface area contributed by atoms with Gasteiger partial charge in [-0.3, -0.25) is 4.79 Å². The van der Waals surface area contributed by atoms with Crippen LogP contribution in [-0.4, -0.2) is 24.5 Å². The number of benzene rings is 1. The topological polar surface area (TPSA) is 70.2 Å². The number of amides is 3. The molecule has 0 bridgehead atoms. The van der Waals surface area contributed by atoms with E-state index < -0.39 is 29.7 Å². The standard InChI is InChI=1S/C14H18F3N3O2/c1-3-8-18-12(21)9(2)19-13(22)20-11-7-5-4-6-10(11)14(15,16)17/h4-7,9H,3,8H2,1-2H3,(H,18,21)(H2,19,20,22)/t9-/m0/s1. The number of carbonyl (C=O) groups is 2. The lowest BCUT2D eigenvalue weighted by atomic mass is 10.1. The summed E-state index contributed by atoms with van der Waals surface area (Å²) in [7, 11) is 0. The Kier molecular flexibility index (Phi) is 6.21. The number of carbonyl (C=O) groups excluding carboxylic acids is 2. The highest BCUT2D eigenvalue weighted by Gasteiger charge is 2.33. The fourth-order valence-corrected chi connectivity index (χ4v) is 1.66. The molecular weight excluding hydrogens is 299 g/mol. The summed E-state index contributed by atoms with van der Waals surface area (Å²) in [4.78, 5) is 23.3. The van der Waals surface area contributed by atoms with Crippen LogP contribution in [0.2, 0.25) is 0 Å². The molecule has 0 heterocycles. The van der Waals surface area contributed by atoms with Crippen molar-refractivity contribution in [2.75, 3.05) is 11.9 Å². The summed E-state index contributed by atoms with van der Waals surface area (Å²) in [6.07, 6.45) is -3.84. The zero-order valence-corrected chi connectivity index (χ0v) is 12.3. The van der Waals surface area contributed by atoms with Gasteiger partial charge in [0.15, 0.2) is 0 Å². The van der Waals surface area contributed by atoms with Gasteiger partial charge in [0.1, 0.15) is 6.04 Å². The Bertz CT molecular complexity index is 532. The Morgan fingerprint density at radius 2 is 1.86 bits per heavy atom. The van der Waals surface area contributed by atoms with Gasteiger partial charge in [-0.15, -0.1) is 0 Å². The van der Waals surface area contributed by atoms with Crippen molar-refractivity contribution in [1.29, 1.82) is 0 Å². The van der Waals surface area contributed by atoms with Crippen molar-refractivity contribution < 1.29 is 22.8 Å². The van der Waals surface area contributed by atoms with Crippen LogP contribution in [0.1, 0.15) is 25.8 Å². The van der Waals surface area contributed by atoms with E-state index in [2.05, 4.69) is 16.0 Å². The van der Waals surface area contributed by atoms with Crippen LogP contribution in [0.4, 0.5) is 23.7 Å². The molecule has 3 amide bonds. The SMILES string of the molecule is CCCNC(=O)[C@H](C)NC(=O)Nc1ccccc1C(F)(F)F. The monoisotopic (exact) mass is 317 g/mol. The van der Waals surface area contributed by atoms with Crippen molar-refractivity contribution >= 4 is 17.6 Å². The molecule has 0 aromatic heterocycles. The van der Waals surface area contributed by atoms with Crippen LogP contribution in [0.5, 0.6) is 0 Å². The number of nitrogens with one attached hydrogen (secondary N) is 3. The van der Waals surface area contributed by atoms with E-state index in [1.54, 1.807) is 0 Å². The van der Waals surface area contributed by atoms with Gasteiger partial charge in [0.25, 0.3) is 0 Å². The first-order chi connectivity index (χ1) is 10.3. The average Bonchev–Trinajstić information content (AvgIpc) is 2.43. The highest BCUT2D eigenvalue weighted by Crippen LogP contribution is 2.34. The van der Waals surface area contributed by atoms with Crippen molar-refractivity contribution in [3.05, 3.63) is 29.8 Å². The second kappa shape index (κ2) is 7.67. The maximum Gasteiger partial charge on any atom is 0.418 e. The molecule has 3 N–H and O–H groups in total. The molecule has 1 atom stereocenters. The summed E-state index contributed by atoms with van der Waals surface area (Å²) in [6.45, 7) is 3.78. The summed E-state index contributed by atoms with van der Waals surface area (Å²) in [5.74, 6) is -0.402. The molecule has 1 aromatic carbocycles. The van der Waals surface area contributed by atoms with E-state index in [0.717, 1.165) is 18.6 Å². The summed E-state index contributed by atoms with van der Waals surface area (Å²) < 4.78 is 38.4. The Labute approximate surface area is 126 Å². The first-order valence-electron chi connectivity index (χ1n) is 6.77. The van der Waals surface area contributed by atoms with Gasteiger partial charge in [0.2, 0.25) is 5.91 Å². The quantitative estimate of drug-likeness (QED) is 0.781. The van der Waals surface area contributed by atoms with Crippen molar-refractivity contribution in [2.24, 2.45) is 0 Å². The van der Waals surface area contributed by atoms with Gasteiger partial charge in [-0.05, 0) is 25.5 Å². The lowest BCUT2D eigenvalue weighted by molar-refractivity contribution is -0.137. The molecular formula is C14H18F3N3O2. The van der Waals surface area contributed by atoms with Crippen molar-refractivity contribution in [3.8, 4) is 0 Å².